The second kappa shape index (κ2) is 3.04. The molecule has 6 heteroatoms. The average molecular weight is 175 g/mol. The maximum absolute atomic E-state index is 10.4. The summed E-state index contributed by atoms with van der Waals surface area (Å²) in [5.74, 6) is 0. The van der Waals surface area contributed by atoms with Crippen LogP contribution in [0.1, 0.15) is 5.56 Å². The summed E-state index contributed by atoms with van der Waals surface area (Å²) in [6, 6.07) is 1.76. The Balaban J connectivity index is 2.48. The van der Waals surface area contributed by atoms with Gasteiger partial charge in [0.1, 0.15) is 0 Å². The fraction of sp³-hybridized carbons (Fsp3) is 0.200. The Labute approximate surface area is 64.8 Å². The Morgan fingerprint density at radius 2 is 2.36 bits per heavy atom. The molecule has 0 bridgehead atoms. The summed E-state index contributed by atoms with van der Waals surface area (Å²) in [6.45, 7) is 0.225. The number of aromatic nitrogens is 1. The molecule has 1 rings (SSSR count). The third kappa shape index (κ3) is 3.17. The molecule has 0 spiro atoms. The molecule has 0 aliphatic heterocycles. The third-order valence-corrected chi connectivity index (χ3v) is 1.69. The quantitative estimate of drug-likeness (QED) is 0.567. The molecule has 0 radical (unpaired) electrons. The smallest absolute Gasteiger partial charge is 0.274 e. The minimum absolute atomic E-state index is 0.225. The SMILES string of the molecule is NS(=O)(=O)NCc1cc[nH]c1. The van der Waals surface area contributed by atoms with Crippen LogP contribution in [-0.4, -0.2) is 13.4 Å². The molecule has 0 saturated carbocycles. The molecule has 0 aromatic carbocycles. The van der Waals surface area contributed by atoms with Gasteiger partial charge in [-0.05, 0) is 11.6 Å². The molecular formula is C5H9N3O2S. The Morgan fingerprint density at radius 1 is 1.64 bits per heavy atom. The second-order valence-electron chi connectivity index (χ2n) is 2.09. The van der Waals surface area contributed by atoms with Gasteiger partial charge in [0.15, 0.2) is 0 Å². The number of rotatable bonds is 3. The number of nitrogens with two attached hydrogens (primary N) is 1. The van der Waals surface area contributed by atoms with Crippen LogP contribution in [0.15, 0.2) is 18.5 Å². The van der Waals surface area contributed by atoms with Crippen molar-refractivity contribution < 1.29 is 8.42 Å². The molecule has 11 heavy (non-hydrogen) atoms. The number of nitrogens with one attached hydrogen (secondary N) is 2. The van der Waals surface area contributed by atoms with Crippen LogP contribution in [-0.2, 0) is 16.8 Å². The molecule has 0 amide bonds. The average Bonchev–Trinajstić information content (AvgIpc) is 2.32. The molecule has 1 aromatic heterocycles. The van der Waals surface area contributed by atoms with Gasteiger partial charge in [0, 0.05) is 18.9 Å². The van der Waals surface area contributed by atoms with E-state index in [4.69, 9.17) is 5.14 Å². The first-order valence-corrected chi connectivity index (χ1v) is 4.51. The van der Waals surface area contributed by atoms with E-state index in [0.29, 0.717) is 0 Å². The molecule has 62 valence electrons. The normalized spacial score (nSPS) is 11.7. The van der Waals surface area contributed by atoms with Crippen LogP contribution >= 0.6 is 0 Å². The standard InChI is InChI=1S/C5H9N3O2S/c6-11(9,10)8-4-5-1-2-7-3-5/h1-3,7-8H,4H2,(H2,6,9,10). The van der Waals surface area contributed by atoms with Gasteiger partial charge in [-0.3, -0.25) is 0 Å². The molecule has 4 N–H and O–H groups in total. The van der Waals surface area contributed by atoms with Crippen molar-refractivity contribution in [2.45, 2.75) is 6.54 Å². The monoisotopic (exact) mass is 175 g/mol. The maximum atomic E-state index is 10.4. The van der Waals surface area contributed by atoms with E-state index < -0.39 is 10.2 Å². The number of H-pyrrole nitrogens is 1. The van der Waals surface area contributed by atoms with Gasteiger partial charge in [-0.1, -0.05) is 0 Å². The highest BCUT2D eigenvalue weighted by Gasteiger charge is 1.99. The van der Waals surface area contributed by atoms with Gasteiger partial charge < -0.3 is 4.98 Å². The molecule has 5 nitrogen and oxygen atoms in total. The Kier molecular flexibility index (Phi) is 2.28. The molecule has 0 saturated heterocycles. The predicted octanol–water partition coefficient (Wildman–Crippen LogP) is -0.692. The van der Waals surface area contributed by atoms with E-state index in [1.54, 1.807) is 18.5 Å². The van der Waals surface area contributed by atoms with Crippen LogP contribution in [0.2, 0.25) is 0 Å². The lowest BCUT2D eigenvalue weighted by molar-refractivity contribution is 0.583. The topological polar surface area (TPSA) is 88.0 Å². The number of aromatic amines is 1. The van der Waals surface area contributed by atoms with Crippen LogP contribution in [0, 0.1) is 0 Å². The van der Waals surface area contributed by atoms with Crippen molar-refractivity contribution >= 4 is 10.2 Å². The van der Waals surface area contributed by atoms with E-state index >= 15 is 0 Å². The van der Waals surface area contributed by atoms with Crippen LogP contribution in [0.5, 0.6) is 0 Å². The van der Waals surface area contributed by atoms with E-state index in [-0.39, 0.29) is 6.54 Å². The largest absolute Gasteiger partial charge is 0.367 e. The van der Waals surface area contributed by atoms with Crippen LogP contribution in [0.25, 0.3) is 0 Å². The van der Waals surface area contributed by atoms with Crippen LogP contribution < -0.4 is 9.86 Å². The minimum Gasteiger partial charge on any atom is -0.367 e. The maximum Gasteiger partial charge on any atom is 0.274 e. The first-order chi connectivity index (χ1) is 5.08. The summed E-state index contributed by atoms with van der Waals surface area (Å²) < 4.78 is 22.9. The predicted molar refractivity (Wildman–Crippen MR) is 40.7 cm³/mol. The molecule has 1 heterocycles. The van der Waals surface area contributed by atoms with Gasteiger partial charge in [0.25, 0.3) is 10.2 Å². The summed E-state index contributed by atoms with van der Waals surface area (Å²) >= 11 is 0. The lowest BCUT2D eigenvalue weighted by Gasteiger charge is -1.97. The highest BCUT2D eigenvalue weighted by atomic mass is 32.2. The third-order valence-electron chi connectivity index (χ3n) is 1.14. The van der Waals surface area contributed by atoms with Crippen molar-refractivity contribution in [1.82, 2.24) is 9.71 Å². The van der Waals surface area contributed by atoms with Crippen LogP contribution in [0.3, 0.4) is 0 Å². The van der Waals surface area contributed by atoms with E-state index in [2.05, 4.69) is 9.71 Å². The van der Waals surface area contributed by atoms with E-state index in [1.807, 2.05) is 0 Å². The van der Waals surface area contributed by atoms with Gasteiger partial charge in [-0.25, -0.2) is 5.14 Å². The summed E-state index contributed by atoms with van der Waals surface area (Å²) in [5.41, 5.74) is 0.846. The first kappa shape index (κ1) is 8.25. The minimum atomic E-state index is -3.56. The highest BCUT2D eigenvalue weighted by Crippen LogP contribution is 1.94. The highest BCUT2D eigenvalue weighted by molar-refractivity contribution is 7.87. The van der Waals surface area contributed by atoms with Gasteiger partial charge >= 0.3 is 0 Å². The van der Waals surface area contributed by atoms with Gasteiger partial charge in [-0.15, -0.1) is 0 Å². The van der Waals surface area contributed by atoms with Gasteiger partial charge in [-0.2, -0.15) is 13.1 Å². The fourth-order valence-corrected chi connectivity index (χ4v) is 1.02. The zero-order valence-electron chi connectivity index (χ0n) is 5.74. The van der Waals surface area contributed by atoms with E-state index in [0.717, 1.165) is 5.56 Å². The van der Waals surface area contributed by atoms with Crippen molar-refractivity contribution in [3.63, 3.8) is 0 Å². The van der Waals surface area contributed by atoms with Crippen LogP contribution in [0.4, 0.5) is 0 Å². The van der Waals surface area contributed by atoms with Crippen molar-refractivity contribution in [3.8, 4) is 0 Å². The first-order valence-electron chi connectivity index (χ1n) is 2.97. The Morgan fingerprint density at radius 3 is 2.82 bits per heavy atom. The summed E-state index contributed by atoms with van der Waals surface area (Å²) in [7, 11) is -3.56. The molecule has 0 aliphatic carbocycles. The Hall–Kier alpha value is -0.850. The molecule has 1 aromatic rings. The summed E-state index contributed by atoms with van der Waals surface area (Å²) in [4.78, 5) is 2.79. The van der Waals surface area contributed by atoms with E-state index in [1.165, 1.54) is 0 Å². The lowest BCUT2D eigenvalue weighted by atomic mass is 10.4. The number of hydrogen-bond acceptors (Lipinski definition) is 2. The number of hydrogen-bond donors (Lipinski definition) is 3. The van der Waals surface area contributed by atoms with Crippen molar-refractivity contribution in [2.24, 2.45) is 5.14 Å². The lowest BCUT2D eigenvalue weighted by Crippen LogP contribution is -2.30. The molecule has 0 unspecified atom stereocenters. The van der Waals surface area contributed by atoms with E-state index in [9.17, 15) is 8.42 Å². The molecule has 0 fully saturated rings. The van der Waals surface area contributed by atoms with Gasteiger partial charge in [0.05, 0.1) is 0 Å². The van der Waals surface area contributed by atoms with Gasteiger partial charge in [0.2, 0.25) is 0 Å². The summed E-state index contributed by atoms with van der Waals surface area (Å²) in [6.07, 6.45) is 3.40. The molecule has 0 aliphatic rings. The Bertz CT molecular complexity index is 302. The van der Waals surface area contributed by atoms with Crippen molar-refractivity contribution in [3.05, 3.63) is 24.0 Å². The van der Waals surface area contributed by atoms with Crippen molar-refractivity contribution in [1.29, 1.82) is 0 Å². The second-order valence-corrected chi connectivity index (χ2v) is 3.46. The zero-order chi connectivity index (χ0) is 8.32. The zero-order valence-corrected chi connectivity index (χ0v) is 6.56. The fourth-order valence-electron chi connectivity index (χ4n) is 0.652. The summed E-state index contributed by atoms with van der Waals surface area (Å²) in [5, 5.41) is 4.70. The van der Waals surface area contributed by atoms with Crippen molar-refractivity contribution in [2.75, 3.05) is 0 Å². The molecular weight excluding hydrogens is 166 g/mol. The molecule has 0 atom stereocenters.